The van der Waals surface area contributed by atoms with E-state index in [4.69, 9.17) is 15.0 Å². The molecule has 3 aromatic carbocycles. The van der Waals surface area contributed by atoms with Gasteiger partial charge in [0.1, 0.15) is 58.4 Å². The highest BCUT2D eigenvalue weighted by molar-refractivity contribution is 7.97. The highest BCUT2D eigenvalue weighted by Gasteiger charge is 2.68. The van der Waals surface area contributed by atoms with Crippen molar-refractivity contribution in [3.63, 3.8) is 0 Å². The van der Waals surface area contributed by atoms with Crippen LogP contribution in [0.5, 0.6) is 0 Å². The number of aromatic amines is 1. The van der Waals surface area contributed by atoms with E-state index in [-0.39, 0.29) is 80.0 Å². The van der Waals surface area contributed by atoms with Gasteiger partial charge in [0.15, 0.2) is 11.6 Å². The number of hydrogen-bond donors (Lipinski definition) is 2. The van der Waals surface area contributed by atoms with Gasteiger partial charge in [-0.3, -0.25) is 24.1 Å². The average molecular weight is 1480 g/mol. The molecule has 6 bridgehead atoms. The minimum absolute atomic E-state index is 0.0269. The smallest absolute Gasteiger partial charge is 0.250 e. The second-order valence-corrected chi connectivity index (χ2v) is 32.8. The van der Waals surface area contributed by atoms with Gasteiger partial charge in [0.05, 0.1) is 115 Å². The number of carbonyl (C=O) groups is 1. The Labute approximate surface area is 617 Å². The van der Waals surface area contributed by atoms with Crippen molar-refractivity contribution in [2.75, 3.05) is 6.26 Å². The number of nitrogens with zero attached hydrogens (tertiary/aromatic N) is 18. The maximum atomic E-state index is 14.5. The minimum atomic E-state index is -2.35. The number of halogens is 6. The zero-order valence-electron chi connectivity index (χ0n) is 60.5. The molecule has 29 heteroatoms. The summed E-state index contributed by atoms with van der Waals surface area (Å²) >= 11 is 0. The number of aryl methyl sites for hydroxylation is 1. The van der Waals surface area contributed by atoms with E-state index >= 15 is 0 Å². The molecule has 6 aliphatic rings. The second-order valence-electron chi connectivity index (χ2n) is 30.5. The van der Waals surface area contributed by atoms with Gasteiger partial charge in [0.2, 0.25) is 0 Å². The monoisotopic (exact) mass is 1480 g/mol. The Bertz CT molecular complexity index is 5690. The molecule has 1 unspecified atom stereocenters. The molecule has 0 aliphatic heterocycles. The zero-order chi connectivity index (χ0) is 75.8. The second kappa shape index (κ2) is 26.1. The molecule has 0 spiro atoms. The number of benzene rings is 3. The van der Waals surface area contributed by atoms with E-state index in [9.17, 15) is 35.3 Å². The van der Waals surface area contributed by atoms with Crippen LogP contribution in [0.15, 0.2) is 135 Å². The van der Waals surface area contributed by atoms with Crippen LogP contribution in [-0.4, -0.2) is 117 Å². The summed E-state index contributed by atoms with van der Waals surface area (Å²) in [6.45, 7) is 17.0. The number of ketones is 1. The molecule has 3 saturated carbocycles. The normalized spacial score (nSPS) is 22.2. The lowest BCUT2D eigenvalue weighted by Gasteiger charge is -2.37. The fraction of sp³-hybridized carbons (Fsp3) is 0.342. The first-order valence-electron chi connectivity index (χ1n) is 35.6. The van der Waals surface area contributed by atoms with Crippen molar-refractivity contribution in [2.45, 2.75) is 147 Å². The maximum Gasteiger partial charge on any atom is 0.250 e. The molecule has 2 N–H and O–H groups in total. The number of rotatable bonds is 15. The summed E-state index contributed by atoms with van der Waals surface area (Å²) in [6, 6.07) is 22.5. The minimum Gasteiger partial charge on any atom is -0.300 e. The van der Waals surface area contributed by atoms with Crippen molar-refractivity contribution in [3.8, 4) is 56.9 Å². The number of fused-ring (bicyclic) bond motifs is 15. The van der Waals surface area contributed by atoms with Crippen molar-refractivity contribution >= 4 is 21.4 Å². The first-order valence-corrected chi connectivity index (χ1v) is 37.8. The van der Waals surface area contributed by atoms with E-state index in [1.807, 2.05) is 30.5 Å². The van der Waals surface area contributed by atoms with Crippen molar-refractivity contribution in [1.82, 2.24) is 100.0 Å². The topological polar surface area (TPSA) is 278 Å². The standard InChI is InChI=1S/C27H27F2N7OS.C26H23F2N7O.C26H24F2N6/c1-26(2)18-8-11-27(26,24-17(18)14-21(33-34-24)23-19(28)6-5-7-20(23)29)22-9-12-30-25(32-22)36-13-10-16(35-36)15-31-38(3,4)37;1-14(36)9-21-30-13-35(34-21)22-12-29-11-20(31-22)26-8-7-16(25(26,2)3)15-10-19(32-33-24(15)26)23-17(27)5-4-6-18(23)28;1-4-14-10-19(32-31-14)21-12-29-13-22(30-21)26-9-8-16(25(26,2)3)15-11-20(33-34-24(15)26)23-17(27)6-5-7-18(23)28/h5-7,9-10,12-14,18H,3,8,11,15H2,1-2,4H3,(H,31,37);4-6,10-13,16H,7-9H2,1-3H3;5-7,10-13,16H,4,8-9H2,1-3H3,(H,31,32)/t18-,27-,38?;2*16-,26-/m000/s1. The van der Waals surface area contributed by atoms with Gasteiger partial charge < -0.3 is 0 Å². The Hall–Kier alpha value is -11.1. The van der Waals surface area contributed by atoms with Crippen molar-refractivity contribution < 1.29 is 35.3 Å². The Kier molecular flexibility index (Phi) is 17.2. The Morgan fingerprint density at radius 3 is 1.50 bits per heavy atom. The number of aromatic nitrogens is 19. The number of hydrogen-bond acceptors (Lipinski definition) is 18. The summed E-state index contributed by atoms with van der Waals surface area (Å²) in [5, 5.41) is 42.9. The Morgan fingerprint density at radius 2 is 1.04 bits per heavy atom. The SMILES string of the molecule is C=S(C)(=O)NCc1ccn(-c2nccc([C@@]34CC[C@@H](c5cc(-c6c(F)cccc6F)nnc53)C4(C)C)n2)n1.CC(=O)Cc1ncn(-c2cncc([C@@]34CC[C@@H](c5cc(-c6c(F)cccc6F)nnc53)C4(C)C)n2)n1.CCc1cc(-c2cncc([C@@]34CC[C@@H](c5cc(-c6c(F)cccc6F)nnc53)C4(C)C)n2)n[nH]1. The molecule has 0 radical (unpaired) electrons. The van der Waals surface area contributed by atoms with Crippen LogP contribution in [0.3, 0.4) is 0 Å². The summed E-state index contributed by atoms with van der Waals surface area (Å²) in [5.41, 5.74) is 8.57. The summed E-state index contributed by atoms with van der Waals surface area (Å²) in [5.74, 6) is 1.35. The van der Waals surface area contributed by atoms with Crippen LogP contribution in [0.2, 0.25) is 0 Å². The molecule has 7 atom stereocenters. The first-order chi connectivity index (χ1) is 51.6. The fourth-order valence-corrected chi connectivity index (χ4v) is 19.0. The maximum absolute atomic E-state index is 14.5. The predicted molar refractivity (Wildman–Crippen MR) is 389 cm³/mol. The lowest BCUT2D eigenvalue weighted by molar-refractivity contribution is -0.116. The van der Waals surface area contributed by atoms with Crippen LogP contribution in [0.25, 0.3) is 56.9 Å². The molecule has 3 fully saturated rings. The molecule has 550 valence electrons. The molecule has 12 aromatic rings. The molecule has 108 heavy (non-hydrogen) atoms. The number of nitrogens with one attached hydrogen (secondary N) is 2. The van der Waals surface area contributed by atoms with Crippen LogP contribution in [0.4, 0.5) is 26.3 Å². The van der Waals surface area contributed by atoms with Crippen molar-refractivity contribution in [3.05, 3.63) is 237 Å². The molecule has 0 saturated heterocycles. The van der Waals surface area contributed by atoms with Crippen LogP contribution < -0.4 is 4.72 Å². The van der Waals surface area contributed by atoms with Crippen LogP contribution in [0, 0.1) is 51.1 Å². The largest absolute Gasteiger partial charge is 0.300 e. The quantitative estimate of drug-likeness (QED) is 0.0712. The van der Waals surface area contributed by atoms with E-state index in [0.717, 1.165) is 107 Å². The summed E-state index contributed by atoms with van der Waals surface area (Å²) in [4.78, 5) is 43.9. The Morgan fingerprint density at radius 1 is 0.565 bits per heavy atom. The third-order valence-electron chi connectivity index (χ3n) is 23.9. The molecule has 0 amide bonds. The average Bonchev–Trinajstić information content (AvgIpc) is 1.53. The van der Waals surface area contributed by atoms with E-state index in [2.05, 4.69) is 130 Å². The number of Topliss-reactive ketones (excluding diaryl/α,β-unsaturated/α-hetero) is 1. The highest BCUT2D eigenvalue weighted by Crippen LogP contribution is 2.72. The molecule has 18 rings (SSSR count). The van der Waals surface area contributed by atoms with Gasteiger partial charge in [0, 0.05) is 46.4 Å². The van der Waals surface area contributed by atoms with Gasteiger partial charge in [-0.15, -0.1) is 20.4 Å². The van der Waals surface area contributed by atoms with E-state index in [1.165, 1.54) is 78.8 Å². The van der Waals surface area contributed by atoms with Gasteiger partial charge in [0.25, 0.3) is 5.95 Å². The van der Waals surface area contributed by atoms with Gasteiger partial charge in [-0.25, -0.2) is 65.3 Å². The van der Waals surface area contributed by atoms with E-state index in [0.29, 0.717) is 35.5 Å². The van der Waals surface area contributed by atoms with Crippen molar-refractivity contribution in [2.24, 2.45) is 16.2 Å². The number of H-pyrrole nitrogens is 1. The zero-order valence-corrected chi connectivity index (χ0v) is 61.4. The summed E-state index contributed by atoms with van der Waals surface area (Å²) < 4.78 is 105. The third-order valence-corrected chi connectivity index (χ3v) is 24.6. The number of carbonyl (C=O) groups excluding carboxylic acids is 1. The molecule has 6 aliphatic carbocycles. The lowest BCUT2D eigenvalue weighted by atomic mass is 9.66. The van der Waals surface area contributed by atoms with Crippen molar-refractivity contribution in [1.29, 1.82) is 0 Å². The summed E-state index contributed by atoms with van der Waals surface area (Å²) in [6.07, 6.45) is 19.6. The predicted octanol–water partition coefficient (Wildman–Crippen LogP) is 13.4. The summed E-state index contributed by atoms with van der Waals surface area (Å²) in [7, 11) is -2.35. The molecule has 9 aromatic heterocycles. The fourth-order valence-electron chi connectivity index (χ4n) is 18.5. The van der Waals surface area contributed by atoms with E-state index < -0.39 is 60.9 Å². The molecular weight excluding hydrogens is 1410 g/mol. The molecule has 9 heterocycles. The first kappa shape index (κ1) is 71.2. The van der Waals surface area contributed by atoms with Crippen LogP contribution >= 0.6 is 0 Å². The van der Waals surface area contributed by atoms with Gasteiger partial charge in [-0.2, -0.15) is 25.5 Å². The van der Waals surface area contributed by atoms with Gasteiger partial charge in [-0.1, -0.05) is 66.7 Å². The highest BCUT2D eigenvalue weighted by atomic mass is 32.2. The van der Waals surface area contributed by atoms with Crippen LogP contribution in [-0.2, 0) is 50.1 Å². The molecular formula is C79H74F6N20O2S. The van der Waals surface area contributed by atoms with Gasteiger partial charge >= 0.3 is 0 Å². The lowest BCUT2D eigenvalue weighted by Crippen LogP contribution is -2.38. The third kappa shape index (κ3) is 11.2. The van der Waals surface area contributed by atoms with Crippen LogP contribution in [0.1, 0.15) is 180 Å². The van der Waals surface area contributed by atoms with E-state index in [1.54, 1.807) is 47.8 Å². The Balaban J connectivity index is 0.000000124. The molecule has 22 nitrogen and oxygen atoms in total. The van der Waals surface area contributed by atoms with Gasteiger partial charge in [-0.05, 0) is 181 Å².